The fourth-order valence-corrected chi connectivity index (χ4v) is 2.30. The van der Waals surface area contributed by atoms with Gasteiger partial charge in [0.05, 0.1) is 12.6 Å². The molecule has 0 radical (unpaired) electrons. The van der Waals surface area contributed by atoms with E-state index in [1.165, 1.54) is 0 Å². The standard InChI is InChI=1S/C15H24N2O3/c1-11-9-12(5-7-16-11)19-13-6-8-17(10-13)14(18)20-15(2,3)4/h5,7,11,13H,6,8-10H2,1-4H3/t11?,13-/m1/s1. The van der Waals surface area contributed by atoms with Gasteiger partial charge in [-0.2, -0.15) is 0 Å². The Morgan fingerprint density at radius 3 is 2.85 bits per heavy atom. The van der Waals surface area contributed by atoms with Crippen molar-refractivity contribution in [2.75, 3.05) is 13.1 Å². The molecule has 1 amide bonds. The van der Waals surface area contributed by atoms with Gasteiger partial charge in [-0.25, -0.2) is 4.79 Å². The average Bonchev–Trinajstić information content (AvgIpc) is 2.75. The molecule has 5 nitrogen and oxygen atoms in total. The van der Waals surface area contributed by atoms with E-state index in [1.54, 1.807) is 11.1 Å². The second kappa shape index (κ2) is 5.85. The van der Waals surface area contributed by atoms with Gasteiger partial charge in [0.2, 0.25) is 0 Å². The van der Waals surface area contributed by atoms with Crippen LogP contribution in [0.15, 0.2) is 16.8 Å². The first kappa shape index (κ1) is 14.9. The molecule has 0 saturated carbocycles. The number of ether oxygens (including phenoxy) is 2. The van der Waals surface area contributed by atoms with Crippen molar-refractivity contribution in [1.29, 1.82) is 0 Å². The number of carbonyl (C=O) groups is 1. The highest BCUT2D eigenvalue weighted by atomic mass is 16.6. The number of nitrogens with zero attached hydrogens (tertiary/aromatic N) is 2. The van der Waals surface area contributed by atoms with Crippen molar-refractivity contribution in [2.45, 2.75) is 58.3 Å². The molecule has 1 saturated heterocycles. The van der Waals surface area contributed by atoms with Gasteiger partial charge in [-0.15, -0.1) is 0 Å². The molecule has 0 bridgehead atoms. The Labute approximate surface area is 120 Å². The lowest BCUT2D eigenvalue weighted by Gasteiger charge is -2.24. The first-order valence-corrected chi connectivity index (χ1v) is 7.20. The van der Waals surface area contributed by atoms with E-state index in [0.29, 0.717) is 13.1 Å². The fourth-order valence-electron chi connectivity index (χ4n) is 2.30. The predicted octanol–water partition coefficient (Wildman–Crippen LogP) is 2.76. The van der Waals surface area contributed by atoms with Crippen molar-refractivity contribution in [2.24, 2.45) is 4.99 Å². The van der Waals surface area contributed by atoms with Crippen LogP contribution in [0.3, 0.4) is 0 Å². The van der Waals surface area contributed by atoms with E-state index in [2.05, 4.69) is 11.9 Å². The zero-order chi connectivity index (χ0) is 14.8. The van der Waals surface area contributed by atoms with Crippen LogP contribution < -0.4 is 0 Å². The van der Waals surface area contributed by atoms with Crippen LogP contribution in [-0.2, 0) is 9.47 Å². The minimum Gasteiger partial charge on any atom is -0.493 e. The molecule has 0 aromatic heterocycles. The van der Waals surface area contributed by atoms with Gasteiger partial charge < -0.3 is 14.4 Å². The summed E-state index contributed by atoms with van der Waals surface area (Å²) >= 11 is 0. The molecule has 1 fully saturated rings. The topological polar surface area (TPSA) is 51.1 Å². The Balaban J connectivity index is 1.82. The van der Waals surface area contributed by atoms with E-state index in [9.17, 15) is 4.79 Å². The molecule has 112 valence electrons. The molecule has 2 aliphatic heterocycles. The van der Waals surface area contributed by atoms with Crippen LogP contribution in [0.1, 0.15) is 40.5 Å². The van der Waals surface area contributed by atoms with Crippen LogP contribution in [0.4, 0.5) is 4.79 Å². The number of aliphatic imine (C=N–C) groups is 1. The van der Waals surface area contributed by atoms with E-state index < -0.39 is 5.60 Å². The minimum absolute atomic E-state index is 0.0625. The van der Waals surface area contributed by atoms with Crippen LogP contribution in [0, 0.1) is 0 Å². The van der Waals surface area contributed by atoms with Crippen LogP contribution in [0.2, 0.25) is 0 Å². The molecule has 2 atom stereocenters. The summed E-state index contributed by atoms with van der Waals surface area (Å²) in [6, 6.07) is 0.276. The normalized spacial score (nSPS) is 26.4. The fraction of sp³-hybridized carbons (Fsp3) is 0.733. The zero-order valence-electron chi connectivity index (χ0n) is 12.8. The Bertz CT molecular complexity index is 423. The van der Waals surface area contributed by atoms with Gasteiger partial charge in [0.25, 0.3) is 0 Å². The van der Waals surface area contributed by atoms with Crippen LogP contribution >= 0.6 is 0 Å². The lowest BCUT2D eigenvalue weighted by molar-refractivity contribution is 0.0255. The van der Waals surface area contributed by atoms with Crippen molar-refractivity contribution in [3.63, 3.8) is 0 Å². The van der Waals surface area contributed by atoms with E-state index in [0.717, 1.165) is 18.6 Å². The van der Waals surface area contributed by atoms with Gasteiger partial charge in [-0.3, -0.25) is 4.99 Å². The highest BCUT2D eigenvalue weighted by molar-refractivity contribution is 5.73. The third kappa shape index (κ3) is 4.25. The largest absolute Gasteiger partial charge is 0.493 e. The number of hydrogen-bond donors (Lipinski definition) is 0. The first-order valence-electron chi connectivity index (χ1n) is 7.20. The molecule has 0 aromatic carbocycles. The second-order valence-electron chi connectivity index (χ2n) is 6.44. The summed E-state index contributed by atoms with van der Waals surface area (Å²) in [6.07, 6.45) is 5.20. The average molecular weight is 280 g/mol. The highest BCUT2D eigenvalue weighted by Crippen LogP contribution is 2.22. The summed E-state index contributed by atoms with van der Waals surface area (Å²) in [5, 5.41) is 0. The summed E-state index contributed by atoms with van der Waals surface area (Å²) < 4.78 is 11.3. The number of amides is 1. The van der Waals surface area contributed by atoms with Gasteiger partial charge in [0.15, 0.2) is 0 Å². The molecular formula is C15H24N2O3. The minimum atomic E-state index is -0.451. The van der Waals surface area contributed by atoms with Crippen molar-refractivity contribution >= 4 is 12.3 Å². The number of carbonyl (C=O) groups excluding carboxylic acids is 1. The van der Waals surface area contributed by atoms with Gasteiger partial charge in [0, 0.05) is 25.6 Å². The predicted molar refractivity (Wildman–Crippen MR) is 78.0 cm³/mol. The summed E-state index contributed by atoms with van der Waals surface area (Å²) in [4.78, 5) is 18.0. The molecule has 5 heteroatoms. The van der Waals surface area contributed by atoms with Gasteiger partial charge >= 0.3 is 6.09 Å². The van der Waals surface area contributed by atoms with Gasteiger partial charge in [-0.05, 0) is 33.8 Å². The molecule has 2 heterocycles. The number of likely N-dealkylation sites (tertiary alicyclic amines) is 1. The molecule has 0 spiro atoms. The SMILES string of the molecule is CC1CC(O[C@@H]2CCN(C(=O)OC(C)(C)C)C2)=CC=N1. The summed E-state index contributed by atoms with van der Waals surface area (Å²) in [5.41, 5.74) is -0.451. The van der Waals surface area contributed by atoms with Gasteiger partial charge in [-0.1, -0.05) is 0 Å². The molecule has 20 heavy (non-hydrogen) atoms. The maximum absolute atomic E-state index is 12.0. The molecule has 1 unspecified atom stereocenters. The summed E-state index contributed by atoms with van der Waals surface area (Å²) in [7, 11) is 0. The van der Waals surface area contributed by atoms with Crippen molar-refractivity contribution in [3.05, 3.63) is 11.8 Å². The first-order chi connectivity index (χ1) is 9.33. The number of dihydropyridines is 1. The van der Waals surface area contributed by atoms with E-state index in [1.807, 2.05) is 26.8 Å². The highest BCUT2D eigenvalue weighted by Gasteiger charge is 2.31. The maximum atomic E-state index is 12.0. The van der Waals surface area contributed by atoms with Crippen molar-refractivity contribution in [3.8, 4) is 0 Å². The third-order valence-corrected chi connectivity index (χ3v) is 3.21. The molecule has 0 aromatic rings. The number of allylic oxidation sites excluding steroid dienone is 1. The smallest absolute Gasteiger partial charge is 0.410 e. The molecule has 2 aliphatic rings. The summed E-state index contributed by atoms with van der Waals surface area (Å²) in [5.74, 6) is 0.962. The molecule has 2 rings (SSSR count). The number of hydrogen-bond acceptors (Lipinski definition) is 4. The van der Waals surface area contributed by atoms with E-state index in [4.69, 9.17) is 9.47 Å². The van der Waals surface area contributed by atoms with Crippen LogP contribution in [0.25, 0.3) is 0 Å². The summed E-state index contributed by atoms with van der Waals surface area (Å²) in [6.45, 7) is 8.98. The monoisotopic (exact) mass is 280 g/mol. The molecule has 0 N–H and O–H groups in total. The Hall–Kier alpha value is -1.52. The quantitative estimate of drug-likeness (QED) is 0.781. The maximum Gasteiger partial charge on any atom is 0.410 e. The Kier molecular flexibility index (Phi) is 4.35. The van der Waals surface area contributed by atoms with Crippen LogP contribution in [-0.4, -0.2) is 48.0 Å². The van der Waals surface area contributed by atoms with E-state index in [-0.39, 0.29) is 18.2 Å². The Morgan fingerprint density at radius 2 is 2.20 bits per heavy atom. The van der Waals surface area contributed by atoms with Crippen molar-refractivity contribution < 1.29 is 14.3 Å². The van der Waals surface area contributed by atoms with Gasteiger partial charge in [0.1, 0.15) is 17.5 Å². The Morgan fingerprint density at radius 1 is 1.45 bits per heavy atom. The molecule has 0 aliphatic carbocycles. The zero-order valence-corrected chi connectivity index (χ0v) is 12.8. The number of rotatable bonds is 2. The van der Waals surface area contributed by atoms with E-state index >= 15 is 0 Å². The molecular weight excluding hydrogens is 256 g/mol. The third-order valence-electron chi connectivity index (χ3n) is 3.21. The lowest BCUT2D eigenvalue weighted by atomic mass is 10.1. The second-order valence-corrected chi connectivity index (χ2v) is 6.44. The van der Waals surface area contributed by atoms with Crippen LogP contribution in [0.5, 0.6) is 0 Å². The lowest BCUT2D eigenvalue weighted by Crippen LogP contribution is -2.36. The van der Waals surface area contributed by atoms with Crippen molar-refractivity contribution in [1.82, 2.24) is 4.90 Å².